The normalized spacial score (nSPS) is 16.2. The van der Waals surface area contributed by atoms with E-state index in [1.807, 2.05) is 24.3 Å². The van der Waals surface area contributed by atoms with Crippen molar-refractivity contribution in [1.82, 2.24) is 20.2 Å². The van der Waals surface area contributed by atoms with Crippen LogP contribution < -0.4 is 10.2 Å². The van der Waals surface area contributed by atoms with E-state index in [0.29, 0.717) is 12.6 Å². The Morgan fingerprint density at radius 2 is 2.10 bits per heavy atom. The van der Waals surface area contributed by atoms with Crippen molar-refractivity contribution < 1.29 is 4.79 Å². The van der Waals surface area contributed by atoms with Crippen LogP contribution >= 0.6 is 11.3 Å². The van der Waals surface area contributed by atoms with Crippen molar-refractivity contribution in [1.29, 1.82) is 0 Å². The number of imidazole rings is 1. The fraction of sp³-hybridized carbons (Fsp3) is 0.500. The van der Waals surface area contributed by atoms with E-state index in [0.717, 1.165) is 62.4 Å². The van der Waals surface area contributed by atoms with Gasteiger partial charge in [0.2, 0.25) is 11.9 Å². The molecule has 166 valence electrons. The first-order chi connectivity index (χ1) is 15.1. The molecule has 1 fully saturated rings. The zero-order chi connectivity index (χ0) is 21.6. The van der Waals surface area contributed by atoms with Crippen molar-refractivity contribution in [3.05, 3.63) is 46.7 Å². The van der Waals surface area contributed by atoms with E-state index in [4.69, 9.17) is 4.98 Å². The summed E-state index contributed by atoms with van der Waals surface area (Å²) in [5, 5.41) is 5.33. The van der Waals surface area contributed by atoms with Gasteiger partial charge >= 0.3 is 0 Å². The molecule has 1 aliphatic heterocycles. The third-order valence-corrected chi connectivity index (χ3v) is 7.25. The van der Waals surface area contributed by atoms with Gasteiger partial charge in [-0.2, -0.15) is 0 Å². The molecule has 0 aliphatic carbocycles. The summed E-state index contributed by atoms with van der Waals surface area (Å²) in [7, 11) is 0. The number of rotatable bonds is 9. The summed E-state index contributed by atoms with van der Waals surface area (Å²) < 4.78 is 0. The fourth-order valence-corrected chi connectivity index (χ4v) is 4.96. The molecule has 3 aromatic rings. The Hall–Kier alpha value is -2.38. The van der Waals surface area contributed by atoms with E-state index in [9.17, 15) is 4.79 Å². The standard InChI is InChI=1S/C24H33N5OS/c1-3-18(2)29(17-20-7-6-16-31-20)15-12-25-23(30)19-10-13-28(14-11-19)24-26-21-8-4-5-9-22(21)27-24/h4-9,16,18-19H,3,10-15,17H2,1-2H3,(H,25,30)(H,26,27)/t18-/m1/s1. The first-order valence-corrected chi connectivity index (χ1v) is 12.3. The molecule has 3 heterocycles. The Balaban J connectivity index is 1.24. The highest BCUT2D eigenvalue weighted by Crippen LogP contribution is 2.23. The van der Waals surface area contributed by atoms with Crippen LogP contribution in [0.5, 0.6) is 0 Å². The summed E-state index contributed by atoms with van der Waals surface area (Å²) in [5.74, 6) is 1.21. The number of piperidine rings is 1. The lowest BCUT2D eigenvalue weighted by Crippen LogP contribution is -2.44. The number of carbonyl (C=O) groups excluding carboxylic acids is 1. The van der Waals surface area contributed by atoms with Gasteiger partial charge in [-0.05, 0) is 49.8 Å². The largest absolute Gasteiger partial charge is 0.355 e. The number of fused-ring (bicyclic) bond motifs is 1. The predicted octanol–water partition coefficient (Wildman–Crippen LogP) is 4.26. The second-order valence-corrected chi connectivity index (χ2v) is 9.47. The quantitative estimate of drug-likeness (QED) is 0.523. The zero-order valence-electron chi connectivity index (χ0n) is 18.5. The second kappa shape index (κ2) is 10.3. The molecule has 0 spiro atoms. The SMILES string of the molecule is CC[C@@H](C)N(CCNC(=O)C1CCN(c2nc3ccccc3[nH]2)CC1)Cc1cccs1. The number of nitrogens with zero attached hydrogens (tertiary/aromatic N) is 3. The van der Waals surface area contributed by atoms with Crippen LogP contribution in [0.3, 0.4) is 0 Å². The van der Waals surface area contributed by atoms with Crippen LogP contribution in [0.15, 0.2) is 41.8 Å². The topological polar surface area (TPSA) is 64.3 Å². The number of hydrogen-bond acceptors (Lipinski definition) is 5. The Labute approximate surface area is 188 Å². The lowest BCUT2D eigenvalue weighted by Gasteiger charge is -2.31. The van der Waals surface area contributed by atoms with Crippen LogP contribution in [-0.2, 0) is 11.3 Å². The minimum atomic E-state index is 0.0926. The lowest BCUT2D eigenvalue weighted by molar-refractivity contribution is -0.125. The van der Waals surface area contributed by atoms with Crippen LogP contribution in [0.2, 0.25) is 0 Å². The van der Waals surface area contributed by atoms with Gasteiger partial charge < -0.3 is 15.2 Å². The smallest absolute Gasteiger partial charge is 0.223 e. The van der Waals surface area contributed by atoms with Gasteiger partial charge in [-0.1, -0.05) is 25.1 Å². The summed E-state index contributed by atoms with van der Waals surface area (Å²) in [4.78, 5) is 27.0. The monoisotopic (exact) mass is 439 g/mol. The Morgan fingerprint density at radius 1 is 1.29 bits per heavy atom. The number of thiophene rings is 1. The average molecular weight is 440 g/mol. The summed E-state index contributed by atoms with van der Waals surface area (Å²) in [6.45, 7) is 8.75. The number of anilines is 1. The minimum Gasteiger partial charge on any atom is -0.355 e. The lowest BCUT2D eigenvalue weighted by atomic mass is 9.96. The van der Waals surface area contributed by atoms with Crippen molar-refractivity contribution >= 4 is 34.2 Å². The van der Waals surface area contributed by atoms with Gasteiger partial charge in [-0.25, -0.2) is 4.98 Å². The van der Waals surface area contributed by atoms with Crippen LogP contribution in [0.25, 0.3) is 11.0 Å². The predicted molar refractivity (Wildman–Crippen MR) is 129 cm³/mol. The molecule has 2 aromatic heterocycles. The molecule has 7 heteroatoms. The van der Waals surface area contributed by atoms with E-state index in [1.165, 1.54) is 4.88 Å². The number of aromatic amines is 1. The van der Waals surface area contributed by atoms with Gasteiger partial charge in [0, 0.05) is 49.6 Å². The van der Waals surface area contributed by atoms with Gasteiger partial charge in [-0.15, -0.1) is 11.3 Å². The number of benzene rings is 1. The second-order valence-electron chi connectivity index (χ2n) is 8.44. The summed E-state index contributed by atoms with van der Waals surface area (Å²) in [5.41, 5.74) is 2.05. The number of carbonyl (C=O) groups is 1. The zero-order valence-corrected chi connectivity index (χ0v) is 19.3. The molecule has 1 aromatic carbocycles. The Morgan fingerprint density at radius 3 is 2.81 bits per heavy atom. The molecule has 0 radical (unpaired) electrons. The molecule has 1 atom stereocenters. The highest BCUT2D eigenvalue weighted by atomic mass is 32.1. The molecular formula is C24H33N5OS. The van der Waals surface area contributed by atoms with Crippen LogP contribution in [0, 0.1) is 5.92 Å². The number of amides is 1. The molecule has 0 unspecified atom stereocenters. The molecule has 0 saturated carbocycles. The van der Waals surface area contributed by atoms with Gasteiger partial charge in [0.05, 0.1) is 11.0 Å². The molecule has 6 nitrogen and oxygen atoms in total. The maximum Gasteiger partial charge on any atom is 0.223 e. The highest BCUT2D eigenvalue weighted by molar-refractivity contribution is 7.09. The maximum absolute atomic E-state index is 12.8. The number of hydrogen-bond donors (Lipinski definition) is 2. The average Bonchev–Trinajstić information content (AvgIpc) is 3.47. The minimum absolute atomic E-state index is 0.0926. The molecule has 1 amide bonds. The van der Waals surface area contributed by atoms with E-state index in [-0.39, 0.29) is 11.8 Å². The first kappa shape index (κ1) is 21.8. The van der Waals surface area contributed by atoms with Gasteiger partial charge in [0.1, 0.15) is 0 Å². The number of nitrogens with one attached hydrogen (secondary N) is 2. The molecule has 1 saturated heterocycles. The fourth-order valence-electron chi connectivity index (χ4n) is 4.23. The van der Waals surface area contributed by atoms with Crippen molar-refractivity contribution in [3.63, 3.8) is 0 Å². The molecule has 4 rings (SSSR count). The van der Waals surface area contributed by atoms with Crippen LogP contribution in [-0.4, -0.2) is 53.0 Å². The number of para-hydroxylation sites is 2. The first-order valence-electron chi connectivity index (χ1n) is 11.4. The Kier molecular flexibility index (Phi) is 7.25. The third-order valence-electron chi connectivity index (χ3n) is 6.39. The van der Waals surface area contributed by atoms with Crippen molar-refractivity contribution in [2.45, 2.75) is 45.7 Å². The third kappa shape index (κ3) is 5.46. The molecule has 0 bridgehead atoms. The maximum atomic E-state index is 12.8. The van der Waals surface area contributed by atoms with Crippen LogP contribution in [0.4, 0.5) is 5.95 Å². The highest BCUT2D eigenvalue weighted by Gasteiger charge is 2.26. The van der Waals surface area contributed by atoms with Crippen molar-refractivity contribution in [3.8, 4) is 0 Å². The van der Waals surface area contributed by atoms with E-state index >= 15 is 0 Å². The van der Waals surface area contributed by atoms with Gasteiger partial charge in [0.25, 0.3) is 0 Å². The molecule has 2 N–H and O–H groups in total. The van der Waals surface area contributed by atoms with Gasteiger partial charge in [0.15, 0.2) is 0 Å². The Bertz CT molecular complexity index is 928. The molecule has 1 aliphatic rings. The molecule has 31 heavy (non-hydrogen) atoms. The summed E-state index contributed by atoms with van der Waals surface area (Å²) in [6.07, 6.45) is 2.85. The number of aromatic nitrogens is 2. The van der Waals surface area contributed by atoms with Crippen molar-refractivity contribution in [2.24, 2.45) is 5.92 Å². The molecular weight excluding hydrogens is 406 g/mol. The van der Waals surface area contributed by atoms with E-state index in [1.54, 1.807) is 11.3 Å². The van der Waals surface area contributed by atoms with Gasteiger partial charge in [-0.3, -0.25) is 9.69 Å². The number of H-pyrrole nitrogens is 1. The van der Waals surface area contributed by atoms with E-state index < -0.39 is 0 Å². The summed E-state index contributed by atoms with van der Waals surface area (Å²) in [6, 6.07) is 12.9. The van der Waals surface area contributed by atoms with E-state index in [2.05, 4.69) is 51.5 Å². The van der Waals surface area contributed by atoms with Crippen molar-refractivity contribution in [2.75, 3.05) is 31.1 Å². The summed E-state index contributed by atoms with van der Waals surface area (Å²) >= 11 is 1.80. The van der Waals surface area contributed by atoms with Crippen LogP contribution in [0.1, 0.15) is 38.0 Å².